The number of ether oxygens (including phenoxy) is 1. The zero-order valence-corrected chi connectivity index (χ0v) is 17.2. The molecule has 0 bridgehead atoms. The Balaban J connectivity index is 1.24. The van der Waals surface area contributed by atoms with Gasteiger partial charge in [-0.25, -0.2) is 4.79 Å². The normalized spacial score (nSPS) is 15.0. The van der Waals surface area contributed by atoms with E-state index < -0.39 is 0 Å². The molecule has 1 aliphatic heterocycles. The summed E-state index contributed by atoms with van der Waals surface area (Å²) in [4.78, 5) is 26.2. The fraction of sp³-hybridized carbons (Fsp3) is 0.364. The van der Waals surface area contributed by atoms with E-state index in [1.807, 2.05) is 0 Å². The summed E-state index contributed by atoms with van der Waals surface area (Å²) in [6.45, 7) is 3.92. The van der Waals surface area contributed by atoms with Crippen LogP contribution in [0.25, 0.3) is 11.5 Å². The standard InChI is InChI=1S/C22H24N4O5/c1-2-30-22(28)16-3-5-18(6-4-16)23-19(27)13-26-10-7-15(8-11-26)20-24-25-21(31-20)17-9-12-29-14-17/h3-6,9,12,14-15H,2,7-8,10-11,13H2,1H3,(H,23,27). The summed E-state index contributed by atoms with van der Waals surface area (Å²) in [5, 5.41) is 11.1. The molecule has 0 unspecified atom stereocenters. The lowest BCUT2D eigenvalue weighted by atomic mass is 9.97. The largest absolute Gasteiger partial charge is 0.472 e. The number of carbonyl (C=O) groups excluding carboxylic acids is 2. The van der Waals surface area contributed by atoms with Crippen LogP contribution in [0.15, 0.2) is 51.7 Å². The topological polar surface area (TPSA) is 111 Å². The van der Waals surface area contributed by atoms with E-state index >= 15 is 0 Å². The van der Waals surface area contributed by atoms with Gasteiger partial charge in [-0.1, -0.05) is 0 Å². The summed E-state index contributed by atoms with van der Waals surface area (Å²) < 4.78 is 15.8. The molecule has 1 aliphatic rings. The van der Waals surface area contributed by atoms with Crippen molar-refractivity contribution in [2.75, 3.05) is 31.6 Å². The highest BCUT2D eigenvalue weighted by Gasteiger charge is 2.26. The fourth-order valence-corrected chi connectivity index (χ4v) is 3.55. The number of anilines is 1. The van der Waals surface area contributed by atoms with Crippen LogP contribution in [0.5, 0.6) is 0 Å². The number of hydrogen-bond donors (Lipinski definition) is 1. The van der Waals surface area contributed by atoms with Gasteiger partial charge in [-0.2, -0.15) is 0 Å². The first-order valence-electron chi connectivity index (χ1n) is 10.3. The molecule has 4 rings (SSSR count). The first kappa shape index (κ1) is 20.8. The number of furan rings is 1. The molecule has 3 heterocycles. The number of hydrogen-bond acceptors (Lipinski definition) is 8. The van der Waals surface area contributed by atoms with Crippen LogP contribution in [0.1, 0.15) is 41.9 Å². The number of rotatable bonds is 7. The van der Waals surface area contributed by atoms with E-state index in [2.05, 4.69) is 20.4 Å². The van der Waals surface area contributed by atoms with Crippen molar-refractivity contribution in [2.45, 2.75) is 25.7 Å². The van der Waals surface area contributed by atoms with Gasteiger partial charge in [0.15, 0.2) is 0 Å². The van der Waals surface area contributed by atoms with Crippen LogP contribution in [0.4, 0.5) is 5.69 Å². The molecule has 1 fully saturated rings. The zero-order valence-electron chi connectivity index (χ0n) is 17.2. The first-order valence-corrected chi connectivity index (χ1v) is 10.3. The van der Waals surface area contributed by atoms with Gasteiger partial charge in [0.05, 0.1) is 30.5 Å². The molecule has 31 heavy (non-hydrogen) atoms. The fourth-order valence-electron chi connectivity index (χ4n) is 3.55. The average Bonchev–Trinajstić information content (AvgIpc) is 3.47. The Morgan fingerprint density at radius 2 is 1.94 bits per heavy atom. The molecule has 1 N–H and O–H groups in total. The lowest BCUT2D eigenvalue weighted by Gasteiger charge is -2.29. The Morgan fingerprint density at radius 3 is 2.61 bits per heavy atom. The van der Waals surface area contributed by atoms with Crippen LogP contribution in [0, 0.1) is 0 Å². The SMILES string of the molecule is CCOC(=O)c1ccc(NC(=O)CN2CCC(c3nnc(-c4ccoc4)o3)CC2)cc1. The summed E-state index contributed by atoms with van der Waals surface area (Å²) in [6, 6.07) is 8.46. The summed E-state index contributed by atoms with van der Waals surface area (Å²) in [5.74, 6) is 0.799. The van der Waals surface area contributed by atoms with Crippen molar-refractivity contribution in [3.8, 4) is 11.5 Å². The van der Waals surface area contributed by atoms with Crippen molar-refractivity contribution in [2.24, 2.45) is 0 Å². The maximum absolute atomic E-state index is 12.4. The minimum absolute atomic E-state index is 0.0950. The molecule has 0 saturated carbocycles. The third-order valence-corrected chi connectivity index (χ3v) is 5.19. The number of benzene rings is 1. The number of esters is 1. The Hall–Kier alpha value is -3.46. The maximum atomic E-state index is 12.4. The molecule has 9 heteroatoms. The van der Waals surface area contributed by atoms with Crippen LogP contribution in [-0.2, 0) is 9.53 Å². The highest BCUT2D eigenvalue weighted by molar-refractivity contribution is 5.94. The second-order valence-electron chi connectivity index (χ2n) is 7.35. The van der Waals surface area contributed by atoms with Gasteiger partial charge in [-0.3, -0.25) is 9.69 Å². The van der Waals surface area contributed by atoms with Crippen LogP contribution in [-0.4, -0.2) is 53.2 Å². The predicted octanol–water partition coefficient (Wildman–Crippen LogP) is 3.32. The first-order chi connectivity index (χ1) is 15.1. The monoisotopic (exact) mass is 424 g/mol. The third kappa shape index (κ3) is 5.18. The van der Waals surface area contributed by atoms with Crippen LogP contribution in [0.3, 0.4) is 0 Å². The highest BCUT2D eigenvalue weighted by atomic mass is 16.5. The molecule has 1 saturated heterocycles. The Labute approximate surface area is 179 Å². The second kappa shape index (κ2) is 9.57. The van der Waals surface area contributed by atoms with E-state index in [1.165, 1.54) is 0 Å². The number of nitrogens with one attached hydrogen (secondary N) is 1. The van der Waals surface area contributed by atoms with E-state index in [0.29, 0.717) is 36.2 Å². The minimum atomic E-state index is -0.374. The Bertz CT molecular complexity index is 1000. The number of nitrogens with zero attached hydrogens (tertiary/aromatic N) is 3. The summed E-state index contributed by atoms with van der Waals surface area (Å²) in [6.07, 6.45) is 4.82. The molecule has 9 nitrogen and oxygen atoms in total. The van der Waals surface area contributed by atoms with E-state index in [4.69, 9.17) is 13.6 Å². The lowest BCUT2D eigenvalue weighted by molar-refractivity contribution is -0.117. The predicted molar refractivity (Wildman–Crippen MR) is 111 cm³/mol. The number of aromatic nitrogens is 2. The number of likely N-dealkylation sites (tertiary alicyclic amines) is 1. The molecule has 1 amide bonds. The van der Waals surface area contributed by atoms with Crippen molar-refractivity contribution < 1.29 is 23.2 Å². The molecular formula is C22H24N4O5. The molecule has 0 radical (unpaired) electrons. The molecule has 0 atom stereocenters. The number of carbonyl (C=O) groups is 2. The summed E-state index contributed by atoms with van der Waals surface area (Å²) in [7, 11) is 0. The molecular weight excluding hydrogens is 400 g/mol. The van der Waals surface area contributed by atoms with Crippen molar-refractivity contribution in [1.82, 2.24) is 15.1 Å². The van der Waals surface area contributed by atoms with Gasteiger partial charge < -0.3 is 18.9 Å². The molecule has 0 spiro atoms. The van der Waals surface area contributed by atoms with Crippen LogP contribution >= 0.6 is 0 Å². The van der Waals surface area contributed by atoms with Gasteiger partial charge in [0.1, 0.15) is 6.26 Å². The van der Waals surface area contributed by atoms with E-state index in [-0.39, 0.29) is 17.8 Å². The summed E-state index contributed by atoms with van der Waals surface area (Å²) in [5.41, 5.74) is 1.87. The zero-order chi connectivity index (χ0) is 21.6. The Kier molecular flexibility index (Phi) is 6.42. The third-order valence-electron chi connectivity index (χ3n) is 5.19. The Morgan fingerprint density at radius 1 is 1.16 bits per heavy atom. The lowest BCUT2D eigenvalue weighted by Crippen LogP contribution is -2.38. The number of amides is 1. The molecule has 0 aliphatic carbocycles. The maximum Gasteiger partial charge on any atom is 0.338 e. The molecule has 2 aromatic heterocycles. The van der Waals surface area contributed by atoms with Crippen LogP contribution < -0.4 is 5.32 Å². The van der Waals surface area contributed by atoms with E-state index in [1.54, 1.807) is 49.8 Å². The molecule has 1 aromatic carbocycles. The van der Waals surface area contributed by atoms with Crippen molar-refractivity contribution in [3.63, 3.8) is 0 Å². The molecule has 162 valence electrons. The average molecular weight is 424 g/mol. The summed E-state index contributed by atoms with van der Waals surface area (Å²) >= 11 is 0. The second-order valence-corrected chi connectivity index (χ2v) is 7.35. The smallest absolute Gasteiger partial charge is 0.338 e. The van der Waals surface area contributed by atoms with Crippen LogP contribution in [0.2, 0.25) is 0 Å². The van der Waals surface area contributed by atoms with Crippen molar-refractivity contribution in [3.05, 3.63) is 54.3 Å². The molecule has 3 aromatic rings. The van der Waals surface area contributed by atoms with Gasteiger partial charge in [-0.05, 0) is 63.2 Å². The van der Waals surface area contributed by atoms with E-state index in [0.717, 1.165) is 31.5 Å². The van der Waals surface area contributed by atoms with Gasteiger partial charge in [0.2, 0.25) is 11.8 Å². The van der Waals surface area contributed by atoms with Gasteiger partial charge in [0, 0.05) is 11.6 Å². The number of piperidine rings is 1. The quantitative estimate of drug-likeness (QED) is 0.575. The van der Waals surface area contributed by atoms with Crippen molar-refractivity contribution >= 4 is 17.6 Å². The minimum Gasteiger partial charge on any atom is -0.472 e. The van der Waals surface area contributed by atoms with Gasteiger partial charge in [-0.15, -0.1) is 10.2 Å². The van der Waals surface area contributed by atoms with Gasteiger partial charge >= 0.3 is 5.97 Å². The van der Waals surface area contributed by atoms with Crippen molar-refractivity contribution in [1.29, 1.82) is 0 Å². The highest BCUT2D eigenvalue weighted by Crippen LogP contribution is 2.29. The van der Waals surface area contributed by atoms with Gasteiger partial charge in [0.25, 0.3) is 5.89 Å². The van der Waals surface area contributed by atoms with E-state index in [9.17, 15) is 9.59 Å².